The Bertz CT molecular complexity index is 834. The van der Waals surface area contributed by atoms with Gasteiger partial charge in [-0.15, -0.1) is 11.3 Å². The van der Waals surface area contributed by atoms with Gasteiger partial charge >= 0.3 is 0 Å². The van der Waals surface area contributed by atoms with Crippen molar-refractivity contribution in [3.8, 4) is 16.5 Å². The summed E-state index contributed by atoms with van der Waals surface area (Å²) in [7, 11) is 0. The van der Waals surface area contributed by atoms with Gasteiger partial charge < -0.3 is 14.1 Å². The van der Waals surface area contributed by atoms with Crippen LogP contribution in [0.2, 0.25) is 0 Å². The van der Waals surface area contributed by atoms with Crippen molar-refractivity contribution in [2.75, 3.05) is 13.1 Å². The van der Waals surface area contributed by atoms with E-state index >= 15 is 0 Å². The molecule has 128 valence electrons. The van der Waals surface area contributed by atoms with Gasteiger partial charge in [0, 0.05) is 18.7 Å². The molecule has 0 N–H and O–H groups in total. The first-order valence-corrected chi connectivity index (χ1v) is 9.18. The number of ether oxygens (including phenoxy) is 1. The van der Waals surface area contributed by atoms with E-state index in [-0.39, 0.29) is 5.91 Å². The van der Waals surface area contributed by atoms with E-state index in [2.05, 4.69) is 4.98 Å². The van der Waals surface area contributed by atoms with Crippen LogP contribution in [0.1, 0.15) is 28.9 Å². The fraction of sp³-hybridized carbons (Fsp3) is 0.263. The number of hydrogen-bond donors (Lipinski definition) is 0. The molecule has 3 aromatic rings. The van der Waals surface area contributed by atoms with E-state index < -0.39 is 0 Å². The molecule has 1 aliphatic rings. The minimum Gasteiger partial charge on any atom is -0.487 e. The van der Waals surface area contributed by atoms with E-state index in [0.29, 0.717) is 23.8 Å². The van der Waals surface area contributed by atoms with Crippen LogP contribution in [0.25, 0.3) is 10.8 Å². The lowest BCUT2D eigenvalue weighted by atomic mass is 10.2. The molecule has 2 aromatic heterocycles. The zero-order valence-electron chi connectivity index (χ0n) is 13.7. The molecule has 0 atom stereocenters. The summed E-state index contributed by atoms with van der Waals surface area (Å²) >= 11 is 1.59. The Labute approximate surface area is 149 Å². The first-order valence-electron chi connectivity index (χ1n) is 8.30. The Balaban J connectivity index is 1.36. The molecule has 0 unspecified atom stereocenters. The Hall–Kier alpha value is -2.60. The van der Waals surface area contributed by atoms with Crippen LogP contribution in [0.15, 0.2) is 52.5 Å². The van der Waals surface area contributed by atoms with Crippen molar-refractivity contribution in [3.63, 3.8) is 0 Å². The zero-order valence-corrected chi connectivity index (χ0v) is 14.5. The molecule has 1 aromatic carbocycles. The van der Waals surface area contributed by atoms with E-state index in [9.17, 15) is 4.79 Å². The molecule has 0 aliphatic carbocycles. The molecule has 25 heavy (non-hydrogen) atoms. The number of benzene rings is 1. The summed E-state index contributed by atoms with van der Waals surface area (Å²) in [6, 6.07) is 11.2. The van der Waals surface area contributed by atoms with Crippen molar-refractivity contribution >= 4 is 17.2 Å². The average Bonchev–Trinajstić information content (AvgIpc) is 3.42. The van der Waals surface area contributed by atoms with Crippen molar-refractivity contribution in [2.45, 2.75) is 19.4 Å². The van der Waals surface area contributed by atoms with E-state index in [1.807, 2.05) is 46.7 Å². The number of amides is 1. The molecule has 1 aliphatic heterocycles. The van der Waals surface area contributed by atoms with Gasteiger partial charge in [0.25, 0.3) is 5.91 Å². The highest BCUT2D eigenvalue weighted by atomic mass is 32.1. The summed E-state index contributed by atoms with van der Waals surface area (Å²) in [5, 5.41) is 1.99. The summed E-state index contributed by atoms with van der Waals surface area (Å²) in [4.78, 5) is 19.6. The number of aromatic nitrogens is 1. The van der Waals surface area contributed by atoms with Gasteiger partial charge in [-0.05, 0) is 48.6 Å². The minimum atomic E-state index is 0.0983. The number of carbonyl (C=O) groups is 1. The van der Waals surface area contributed by atoms with Gasteiger partial charge in [-0.3, -0.25) is 4.79 Å². The molecule has 1 fully saturated rings. The third kappa shape index (κ3) is 3.58. The van der Waals surface area contributed by atoms with Gasteiger partial charge in [0.1, 0.15) is 24.3 Å². The van der Waals surface area contributed by atoms with Crippen molar-refractivity contribution in [1.82, 2.24) is 9.88 Å². The fourth-order valence-corrected chi connectivity index (χ4v) is 3.50. The van der Waals surface area contributed by atoms with Gasteiger partial charge in [-0.2, -0.15) is 0 Å². The lowest BCUT2D eigenvalue weighted by Crippen LogP contribution is -2.27. The van der Waals surface area contributed by atoms with Crippen LogP contribution in [0.4, 0.5) is 0 Å². The predicted octanol–water partition coefficient (Wildman–Crippen LogP) is 4.22. The second kappa shape index (κ2) is 7.11. The van der Waals surface area contributed by atoms with Crippen molar-refractivity contribution in [1.29, 1.82) is 0 Å². The monoisotopic (exact) mass is 354 g/mol. The van der Waals surface area contributed by atoms with Crippen LogP contribution in [0, 0.1) is 0 Å². The van der Waals surface area contributed by atoms with E-state index in [1.165, 1.54) is 0 Å². The maximum absolute atomic E-state index is 12.3. The van der Waals surface area contributed by atoms with Crippen LogP contribution in [0.3, 0.4) is 0 Å². The summed E-state index contributed by atoms with van der Waals surface area (Å²) in [5.74, 6) is 1.42. The molecule has 0 radical (unpaired) electrons. The van der Waals surface area contributed by atoms with Gasteiger partial charge in [-0.25, -0.2) is 4.98 Å². The molecule has 5 nitrogen and oxygen atoms in total. The number of oxazole rings is 1. The number of hydrogen-bond acceptors (Lipinski definition) is 5. The summed E-state index contributed by atoms with van der Waals surface area (Å²) < 4.78 is 11.2. The first kappa shape index (κ1) is 15.9. The largest absolute Gasteiger partial charge is 0.487 e. The third-order valence-electron chi connectivity index (χ3n) is 4.16. The zero-order chi connectivity index (χ0) is 17.1. The highest BCUT2D eigenvalue weighted by Gasteiger charge is 2.19. The summed E-state index contributed by atoms with van der Waals surface area (Å²) in [5.41, 5.74) is 1.44. The second-order valence-corrected chi connectivity index (χ2v) is 6.88. The number of rotatable bonds is 5. The molecule has 6 heteroatoms. The Morgan fingerprint density at radius 2 is 2.00 bits per heavy atom. The Morgan fingerprint density at radius 1 is 1.20 bits per heavy atom. The van der Waals surface area contributed by atoms with Crippen LogP contribution in [-0.2, 0) is 6.61 Å². The van der Waals surface area contributed by atoms with Gasteiger partial charge in [0.05, 0.1) is 4.88 Å². The maximum Gasteiger partial charge on any atom is 0.253 e. The fourth-order valence-electron chi connectivity index (χ4n) is 2.84. The SMILES string of the molecule is O=C(c1ccc(OCc2coc(-c3cccs3)n2)cc1)N1CCCC1. The van der Waals surface area contributed by atoms with Crippen molar-refractivity contribution in [3.05, 3.63) is 59.3 Å². The van der Waals surface area contributed by atoms with E-state index in [4.69, 9.17) is 9.15 Å². The molecular weight excluding hydrogens is 336 g/mol. The molecule has 0 bridgehead atoms. The number of nitrogens with zero attached hydrogens (tertiary/aromatic N) is 2. The van der Waals surface area contributed by atoms with E-state index in [1.54, 1.807) is 17.6 Å². The van der Waals surface area contributed by atoms with Gasteiger partial charge in [0.15, 0.2) is 0 Å². The number of thiophene rings is 1. The molecule has 0 saturated carbocycles. The first-order chi connectivity index (χ1) is 12.3. The Kier molecular flexibility index (Phi) is 4.52. The average molecular weight is 354 g/mol. The lowest BCUT2D eigenvalue weighted by Gasteiger charge is -2.15. The van der Waals surface area contributed by atoms with Gasteiger partial charge in [-0.1, -0.05) is 6.07 Å². The number of likely N-dealkylation sites (tertiary alicyclic amines) is 1. The maximum atomic E-state index is 12.3. The summed E-state index contributed by atoms with van der Waals surface area (Å²) in [6.07, 6.45) is 3.80. The molecule has 1 amide bonds. The standard InChI is InChI=1S/C19H18N2O3S/c22-19(21-9-1-2-10-21)14-5-7-16(8-6-14)23-12-15-13-24-18(20-15)17-4-3-11-25-17/h3-8,11,13H,1-2,9-10,12H2. The van der Waals surface area contributed by atoms with Crippen LogP contribution in [0.5, 0.6) is 5.75 Å². The Morgan fingerprint density at radius 3 is 2.72 bits per heavy atom. The molecule has 4 rings (SSSR count). The predicted molar refractivity (Wildman–Crippen MR) is 95.7 cm³/mol. The third-order valence-corrected chi connectivity index (χ3v) is 5.02. The van der Waals surface area contributed by atoms with E-state index in [0.717, 1.165) is 36.5 Å². The highest BCUT2D eigenvalue weighted by Crippen LogP contribution is 2.24. The van der Waals surface area contributed by atoms with Crippen LogP contribution < -0.4 is 4.74 Å². The smallest absolute Gasteiger partial charge is 0.253 e. The normalized spacial score (nSPS) is 14.0. The molecular formula is C19H18N2O3S. The van der Waals surface area contributed by atoms with Gasteiger partial charge in [0.2, 0.25) is 5.89 Å². The highest BCUT2D eigenvalue weighted by molar-refractivity contribution is 7.13. The molecule has 0 spiro atoms. The lowest BCUT2D eigenvalue weighted by molar-refractivity contribution is 0.0793. The summed E-state index contributed by atoms with van der Waals surface area (Å²) in [6.45, 7) is 2.04. The van der Waals surface area contributed by atoms with Crippen LogP contribution >= 0.6 is 11.3 Å². The van der Waals surface area contributed by atoms with Crippen LogP contribution in [-0.4, -0.2) is 28.9 Å². The van der Waals surface area contributed by atoms with Crippen molar-refractivity contribution < 1.29 is 13.9 Å². The topological polar surface area (TPSA) is 55.6 Å². The minimum absolute atomic E-state index is 0.0983. The molecule has 3 heterocycles. The second-order valence-electron chi connectivity index (χ2n) is 5.93. The number of carbonyl (C=O) groups excluding carboxylic acids is 1. The molecule has 1 saturated heterocycles. The quantitative estimate of drug-likeness (QED) is 0.688. The van der Waals surface area contributed by atoms with Crippen molar-refractivity contribution in [2.24, 2.45) is 0 Å².